The maximum Gasteiger partial charge on any atom is 0.161 e. The molecule has 0 saturated heterocycles. The Bertz CT molecular complexity index is 363. The van der Waals surface area contributed by atoms with Crippen LogP contribution in [0.1, 0.15) is 18.0 Å². The van der Waals surface area contributed by atoms with Crippen LogP contribution in [0.2, 0.25) is 0 Å². The number of hydrogen-bond donors (Lipinski definition) is 1. The average molecular weight is 205 g/mol. The maximum absolute atomic E-state index is 5.97. The van der Waals surface area contributed by atoms with E-state index in [9.17, 15) is 0 Å². The number of ether oxygens (including phenoxy) is 2. The minimum absolute atomic E-state index is 0.0154. The molecule has 0 bridgehead atoms. The van der Waals surface area contributed by atoms with E-state index in [-0.39, 0.29) is 6.04 Å². The van der Waals surface area contributed by atoms with Crippen molar-refractivity contribution < 1.29 is 9.47 Å². The molecule has 2 N–H and O–H groups in total. The fourth-order valence-corrected chi connectivity index (χ4v) is 1.61. The van der Waals surface area contributed by atoms with Gasteiger partial charge in [-0.3, -0.25) is 0 Å². The molecule has 3 heteroatoms. The monoisotopic (exact) mass is 205 g/mol. The van der Waals surface area contributed by atoms with Crippen LogP contribution in [0, 0.1) is 0 Å². The quantitative estimate of drug-likeness (QED) is 0.768. The van der Waals surface area contributed by atoms with Crippen LogP contribution in [-0.2, 0) is 0 Å². The lowest BCUT2D eigenvalue weighted by Gasteiger charge is -2.20. The number of benzene rings is 1. The van der Waals surface area contributed by atoms with E-state index in [0.717, 1.165) is 23.5 Å². The van der Waals surface area contributed by atoms with Crippen molar-refractivity contribution >= 4 is 0 Å². The van der Waals surface area contributed by atoms with Gasteiger partial charge in [-0.05, 0) is 24.1 Å². The molecule has 0 aromatic heterocycles. The zero-order valence-corrected chi connectivity index (χ0v) is 8.61. The third-order valence-corrected chi connectivity index (χ3v) is 2.41. The topological polar surface area (TPSA) is 44.5 Å². The smallest absolute Gasteiger partial charge is 0.161 e. The number of rotatable bonds is 3. The molecule has 0 amide bonds. The Balaban J connectivity index is 2.23. The Kier molecular flexibility index (Phi) is 2.92. The number of nitrogens with two attached hydrogens (primary N) is 1. The zero-order valence-electron chi connectivity index (χ0n) is 8.61. The first-order chi connectivity index (χ1) is 7.31. The highest BCUT2D eigenvalue weighted by molar-refractivity contribution is 5.44. The molecule has 0 radical (unpaired) electrons. The molecule has 3 nitrogen and oxygen atoms in total. The highest BCUT2D eigenvalue weighted by Gasteiger charge is 2.13. The maximum atomic E-state index is 5.97. The predicted molar refractivity (Wildman–Crippen MR) is 59.2 cm³/mol. The van der Waals surface area contributed by atoms with Gasteiger partial charge in [0.1, 0.15) is 13.2 Å². The SMILES string of the molecule is C=CC[C@H](N)c1ccc2c(c1)OCCO2. The van der Waals surface area contributed by atoms with Crippen molar-refractivity contribution in [3.8, 4) is 11.5 Å². The van der Waals surface area contributed by atoms with Gasteiger partial charge in [-0.25, -0.2) is 0 Å². The first-order valence-corrected chi connectivity index (χ1v) is 5.07. The highest BCUT2D eigenvalue weighted by atomic mass is 16.6. The largest absolute Gasteiger partial charge is 0.486 e. The summed E-state index contributed by atoms with van der Waals surface area (Å²) in [5.74, 6) is 1.59. The van der Waals surface area contributed by atoms with E-state index in [4.69, 9.17) is 15.2 Å². The molecule has 1 heterocycles. The second-order valence-electron chi connectivity index (χ2n) is 3.53. The van der Waals surface area contributed by atoms with E-state index in [1.165, 1.54) is 0 Å². The summed E-state index contributed by atoms with van der Waals surface area (Å²) in [5, 5.41) is 0. The van der Waals surface area contributed by atoms with Gasteiger partial charge in [0.25, 0.3) is 0 Å². The summed E-state index contributed by atoms with van der Waals surface area (Å²) in [6.07, 6.45) is 2.58. The van der Waals surface area contributed by atoms with Crippen LogP contribution in [0.15, 0.2) is 30.9 Å². The van der Waals surface area contributed by atoms with Crippen LogP contribution in [-0.4, -0.2) is 13.2 Å². The van der Waals surface area contributed by atoms with Crippen molar-refractivity contribution in [3.05, 3.63) is 36.4 Å². The van der Waals surface area contributed by atoms with E-state index in [0.29, 0.717) is 13.2 Å². The molecular weight excluding hydrogens is 190 g/mol. The van der Waals surface area contributed by atoms with Gasteiger partial charge in [-0.1, -0.05) is 12.1 Å². The molecule has 80 valence electrons. The fourth-order valence-electron chi connectivity index (χ4n) is 1.61. The van der Waals surface area contributed by atoms with Gasteiger partial charge in [0.05, 0.1) is 0 Å². The van der Waals surface area contributed by atoms with Crippen LogP contribution < -0.4 is 15.2 Å². The molecule has 1 aromatic rings. The van der Waals surface area contributed by atoms with Crippen molar-refractivity contribution in [2.24, 2.45) is 5.73 Å². The minimum atomic E-state index is -0.0154. The van der Waals surface area contributed by atoms with E-state index in [1.807, 2.05) is 24.3 Å². The molecule has 0 fully saturated rings. The molecule has 1 atom stereocenters. The van der Waals surface area contributed by atoms with Crippen molar-refractivity contribution in [3.63, 3.8) is 0 Å². The van der Waals surface area contributed by atoms with Crippen LogP contribution in [0.5, 0.6) is 11.5 Å². The Labute approximate surface area is 89.5 Å². The molecule has 0 aliphatic carbocycles. The third kappa shape index (κ3) is 2.13. The van der Waals surface area contributed by atoms with Crippen molar-refractivity contribution in [2.75, 3.05) is 13.2 Å². The number of fused-ring (bicyclic) bond motifs is 1. The summed E-state index contributed by atoms with van der Waals surface area (Å²) in [4.78, 5) is 0. The molecule has 1 aromatic carbocycles. The van der Waals surface area contributed by atoms with Gasteiger partial charge in [0.15, 0.2) is 11.5 Å². The van der Waals surface area contributed by atoms with Gasteiger partial charge in [0.2, 0.25) is 0 Å². The summed E-state index contributed by atoms with van der Waals surface area (Å²) in [6, 6.07) is 5.82. The van der Waals surface area contributed by atoms with Crippen molar-refractivity contribution in [1.82, 2.24) is 0 Å². The van der Waals surface area contributed by atoms with E-state index >= 15 is 0 Å². The Morgan fingerprint density at radius 2 is 2.07 bits per heavy atom. The second-order valence-corrected chi connectivity index (χ2v) is 3.53. The Hall–Kier alpha value is -1.48. The average Bonchev–Trinajstić information content (AvgIpc) is 2.29. The first-order valence-electron chi connectivity index (χ1n) is 5.07. The molecule has 1 aliphatic heterocycles. The van der Waals surface area contributed by atoms with Crippen LogP contribution in [0.4, 0.5) is 0 Å². The molecule has 0 spiro atoms. The van der Waals surface area contributed by atoms with Gasteiger partial charge < -0.3 is 15.2 Å². The summed E-state index contributed by atoms with van der Waals surface area (Å²) in [7, 11) is 0. The lowest BCUT2D eigenvalue weighted by molar-refractivity contribution is 0.171. The van der Waals surface area contributed by atoms with Crippen molar-refractivity contribution in [2.45, 2.75) is 12.5 Å². The van der Waals surface area contributed by atoms with Crippen LogP contribution in [0.3, 0.4) is 0 Å². The molecule has 2 rings (SSSR count). The third-order valence-electron chi connectivity index (χ3n) is 2.41. The Morgan fingerprint density at radius 3 is 2.80 bits per heavy atom. The minimum Gasteiger partial charge on any atom is -0.486 e. The van der Waals surface area contributed by atoms with Gasteiger partial charge in [-0.2, -0.15) is 0 Å². The normalized spacial score (nSPS) is 15.8. The molecule has 0 unspecified atom stereocenters. The van der Waals surface area contributed by atoms with E-state index in [1.54, 1.807) is 0 Å². The molecule has 1 aliphatic rings. The van der Waals surface area contributed by atoms with Gasteiger partial charge in [-0.15, -0.1) is 6.58 Å². The van der Waals surface area contributed by atoms with Crippen LogP contribution >= 0.6 is 0 Å². The van der Waals surface area contributed by atoms with Gasteiger partial charge >= 0.3 is 0 Å². The Morgan fingerprint density at radius 1 is 1.33 bits per heavy atom. The summed E-state index contributed by atoms with van der Waals surface area (Å²) in [6.45, 7) is 4.90. The van der Waals surface area contributed by atoms with Gasteiger partial charge in [0, 0.05) is 6.04 Å². The molecule has 15 heavy (non-hydrogen) atoms. The molecule has 0 saturated carbocycles. The lowest BCUT2D eigenvalue weighted by Crippen LogP contribution is -2.16. The van der Waals surface area contributed by atoms with E-state index < -0.39 is 0 Å². The second kappa shape index (κ2) is 4.36. The number of hydrogen-bond acceptors (Lipinski definition) is 3. The van der Waals surface area contributed by atoms with Crippen LogP contribution in [0.25, 0.3) is 0 Å². The van der Waals surface area contributed by atoms with E-state index in [2.05, 4.69) is 6.58 Å². The molecular formula is C12H15NO2. The highest BCUT2D eigenvalue weighted by Crippen LogP contribution is 2.32. The standard InChI is InChI=1S/C12H15NO2/c1-2-3-10(13)9-4-5-11-12(8-9)15-7-6-14-11/h2,4-5,8,10H,1,3,6-7,13H2/t10-/m0/s1. The summed E-state index contributed by atoms with van der Waals surface area (Å²) in [5.41, 5.74) is 7.03. The zero-order chi connectivity index (χ0) is 10.7. The lowest BCUT2D eigenvalue weighted by atomic mass is 10.0. The first kappa shape index (κ1) is 10.1. The fraction of sp³-hybridized carbons (Fsp3) is 0.333. The predicted octanol–water partition coefficient (Wildman–Crippen LogP) is 2.03. The van der Waals surface area contributed by atoms with Crippen molar-refractivity contribution in [1.29, 1.82) is 0 Å². The summed E-state index contributed by atoms with van der Waals surface area (Å²) < 4.78 is 10.9. The summed E-state index contributed by atoms with van der Waals surface area (Å²) >= 11 is 0.